The molecule has 1 amide bonds. The number of carbonyl (C=O) groups excluding carboxylic acids is 2. The van der Waals surface area contributed by atoms with Crippen LogP contribution in [0.2, 0.25) is 0 Å². The van der Waals surface area contributed by atoms with Gasteiger partial charge in [-0.15, -0.1) is 0 Å². The van der Waals surface area contributed by atoms with E-state index in [1.54, 1.807) is 6.92 Å². The number of imidazole rings is 1. The Hall–Kier alpha value is -2.43. The second-order valence-electron chi connectivity index (χ2n) is 9.51. The number of rotatable bonds is 5. The number of ketones is 1. The van der Waals surface area contributed by atoms with Gasteiger partial charge in [-0.25, -0.2) is 4.98 Å². The van der Waals surface area contributed by atoms with Crippen molar-refractivity contribution in [2.75, 3.05) is 0 Å². The third-order valence-electron chi connectivity index (χ3n) is 6.18. The number of aromatic nitrogens is 2. The highest BCUT2D eigenvalue weighted by atomic mass is 16.2. The van der Waals surface area contributed by atoms with Crippen LogP contribution in [-0.4, -0.2) is 21.7 Å². The topological polar surface area (TPSA) is 74.8 Å². The number of benzene rings is 1. The molecule has 29 heavy (non-hydrogen) atoms. The van der Waals surface area contributed by atoms with Crippen LogP contribution in [0, 0.1) is 17.8 Å². The number of carbonyl (C=O) groups is 2. The maximum atomic E-state index is 13.3. The standard InChI is InChI=1S/C24H33N3O2/c1-16-9-11-18(12-10-16)19-15-25-21(26-19)20(23(3,4)5)27-22(29)24(17(2)28)13-7-6-8-14-24/h9-12,15,20H,6-8,13-14H2,1-5H3,(H,25,26)(H,27,29)/t20-/m1/s1. The third-order valence-corrected chi connectivity index (χ3v) is 6.18. The molecule has 5 nitrogen and oxygen atoms in total. The molecule has 0 aliphatic heterocycles. The van der Waals surface area contributed by atoms with Crippen molar-refractivity contribution in [2.24, 2.45) is 10.8 Å². The Kier molecular flexibility index (Phi) is 5.97. The Bertz CT molecular complexity index is 868. The molecule has 5 heteroatoms. The largest absolute Gasteiger partial charge is 0.346 e. The number of aryl methyl sites for hydroxylation is 1. The van der Waals surface area contributed by atoms with Crippen LogP contribution in [0.1, 0.15) is 77.2 Å². The van der Waals surface area contributed by atoms with Crippen LogP contribution in [-0.2, 0) is 9.59 Å². The van der Waals surface area contributed by atoms with Crippen molar-refractivity contribution < 1.29 is 9.59 Å². The zero-order chi connectivity index (χ0) is 21.2. The predicted octanol–water partition coefficient (Wildman–Crippen LogP) is 5.13. The van der Waals surface area contributed by atoms with Crippen LogP contribution in [0.4, 0.5) is 0 Å². The second kappa shape index (κ2) is 8.13. The summed E-state index contributed by atoms with van der Waals surface area (Å²) < 4.78 is 0. The van der Waals surface area contributed by atoms with Crippen molar-refractivity contribution in [3.8, 4) is 11.3 Å². The molecule has 0 radical (unpaired) electrons. The van der Waals surface area contributed by atoms with Gasteiger partial charge in [0.25, 0.3) is 0 Å². The highest BCUT2D eigenvalue weighted by Crippen LogP contribution is 2.40. The van der Waals surface area contributed by atoms with Crippen molar-refractivity contribution >= 4 is 11.7 Å². The molecule has 156 valence electrons. The molecule has 0 unspecified atom stereocenters. The van der Waals surface area contributed by atoms with Crippen LogP contribution >= 0.6 is 0 Å². The fourth-order valence-corrected chi connectivity index (χ4v) is 4.22. The van der Waals surface area contributed by atoms with Gasteiger partial charge in [0.05, 0.1) is 11.7 Å². The van der Waals surface area contributed by atoms with E-state index in [1.165, 1.54) is 5.56 Å². The zero-order valence-electron chi connectivity index (χ0n) is 18.3. The number of nitrogens with one attached hydrogen (secondary N) is 2. The first-order chi connectivity index (χ1) is 13.6. The van der Waals surface area contributed by atoms with Gasteiger partial charge in [0, 0.05) is 11.8 Å². The van der Waals surface area contributed by atoms with Gasteiger partial charge in [0.15, 0.2) is 0 Å². The monoisotopic (exact) mass is 395 g/mol. The first-order valence-corrected chi connectivity index (χ1v) is 10.6. The van der Waals surface area contributed by atoms with Gasteiger partial charge in [-0.2, -0.15) is 0 Å². The molecule has 1 aromatic heterocycles. The lowest BCUT2D eigenvalue weighted by atomic mass is 9.70. The number of amides is 1. The maximum absolute atomic E-state index is 13.3. The number of Topliss-reactive ketones (excluding diaryl/α,β-unsaturated/α-hetero) is 1. The lowest BCUT2D eigenvalue weighted by Gasteiger charge is -2.37. The quantitative estimate of drug-likeness (QED) is 0.689. The Morgan fingerprint density at radius 3 is 2.28 bits per heavy atom. The summed E-state index contributed by atoms with van der Waals surface area (Å²) in [7, 11) is 0. The molecule has 0 bridgehead atoms. The number of hydrogen-bond donors (Lipinski definition) is 2. The molecular formula is C24H33N3O2. The van der Waals surface area contributed by atoms with Gasteiger partial charge in [-0.05, 0) is 32.1 Å². The SMILES string of the molecule is CC(=O)C1(C(=O)N[C@H](c2nc(-c3ccc(C)cc3)c[nH]2)C(C)(C)C)CCCCC1. The Morgan fingerprint density at radius 1 is 1.10 bits per heavy atom. The van der Waals surface area contributed by atoms with E-state index in [-0.39, 0.29) is 23.1 Å². The molecule has 1 saturated carbocycles. The average molecular weight is 396 g/mol. The van der Waals surface area contributed by atoms with E-state index in [2.05, 4.69) is 50.1 Å². The fourth-order valence-electron chi connectivity index (χ4n) is 4.22. The van der Waals surface area contributed by atoms with Gasteiger partial charge in [-0.3, -0.25) is 9.59 Å². The summed E-state index contributed by atoms with van der Waals surface area (Å²) in [5.41, 5.74) is 1.93. The molecule has 2 aromatic rings. The molecule has 1 atom stereocenters. The zero-order valence-corrected chi connectivity index (χ0v) is 18.3. The highest BCUT2D eigenvalue weighted by molar-refractivity contribution is 6.05. The number of H-pyrrole nitrogens is 1. The molecule has 1 aliphatic carbocycles. The summed E-state index contributed by atoms with van der Waals surface area (Å²) in [5, 5.41) is 3.19. The van der Waals surface area contributed by atoms with Crippen molar-refractivity contribution in [1.29, 1.82) is 0 Å². The van der Waals surface area contributed by atoms with Crippen LogP contribution in [0.25, 0.3) is 11.3 Å². The average Bonchev–Trinajstić information content (AvgIpc) is 3.15. The minimum absolute atomic E-state index is 0.0258. The molecular weight excluding hydrogens is 362 g/mol. The maximum Gasteiger partial charge on any atom is 0.234 e. The first kappa shape index (κ1) is 21.3. The lowest BCUT2D eigenvalue weighted by molar-refractivity contribution is -0.144. The smallest absolute Gasteiger partial charge is 0.234 e. The molecule has 2 N–H and O–H groups in total. The number of nitrogens with zero attached hydrogens (tertiary/aromatic N) is 1. The van der Waals surface area contributed by atoms with Crippen LogP contribution in [0.3, 0.4) is 0 Å². The van der Waals surface area contributed by atoms with Crippen LogP contribution in [0.15, 0.2) is 30.5 Å². The van der Waals surface area contributed by atoms with E-state index >= 15 is 0 Å². The Morgan fingerprint density at radius 2 is 1.72 bits per heavy atom. The van der Waals surface area contributed by atoms with Crippen molar-refractivity contribution in [2.45, 2.75) is 72.8 Å². The molecule has 0 spiro atoms. The first-order valence-electron chi connectivity index (χ1n) is 10.6. The van der Waals surface area contributed by atoms with Crippen molar-refractivity contribution in [3.63, 3.8) is 0 Å². The second-order valence-corrected chi connectivity index (χ2v) is 9.51. The summed E-state index contributed by atoms with van der Waals surface area (Å²) in [5.74, 6) is 0.538. The molecule has 1 aliphatic rings. The minimum atomic E-state index is -0.895. The van der Waals surface area contributed by atoms with E-state index in [0.29, 0.717) is 12.8 Å². The molecule has 0 saturated heterocycles. The summed E-state index contributed by atoms with van der Waals surface area (Å²) in [4.78, 5) is 33.8. The van der Waals surface area contributed by atoms with Crippen molar-refractivity contribution in [3.05, 3.63) is 41.9 Å². The minimum Gasteiger partial charge on any atom is -0.346 e. The van der Waals surface area contributed by atoms with E-state index in [0.717, 1.165) is 36.3 Å². The highest BCUT2D eigenvalue weighted by Gasteiger charge is 2.45. The number of aromatic amines is 1. The Balaban J connectivity index is 1.88. The normalized spacial score (nSPS) is 17.6. The van der Waals surface area contributed by atoms with E-state index in [1.807, 2.05) is 18.3 Å². The third kappa shape index (κ3) is 4.44. The summed E-state index contributed by atoms with van der Waals surface area (Å²) >= 11 is 0. The van der Waals surface area contributed by atoms with Crippen molar-refractivity contribution in [1.82, 2.24) is 15.3 Å². The van der Waals surface area contributed by atoms with Crippen LogP contribution in [0.5, 0.6) is 0 Å². The van der Waals surface area contributed by atoms with Gasteiger partial charge >= 0.3 is 0 Å². The predicted molar refractivity (Wildman–Crippen MR) is 115 cm³/mol. The van der Waals surface area contributed by atoms with Gasteiger partial charge in [-0.1, -0.05) is 69.9 Å². The summed E-state index contributed by atoms with van der Waals surface area (Å²) in [6.45, 7) is 9.84. The van der Waals surface area contributed by atoms with Crippen LogP contribution < -0.4 is 5.32 Å². The summed E-state index contributed by atoms with van der Waals surface area (Å²) in [6.07, 6.45) is 6.09. The molecule has 3 rings (SSSR count). The van der Waals surface area contributed by atoms with Gasteiger partial charge in [0.1, 0.15) is 17.0 Å². The van der Waals surface area contributed by atoms with Gasteiger partial charge in [0.2, 0.25) is 5.91 Å². The Labute approximate surface area is 173 Å². The molecule has 1 fully saturated rings. The molecule has 1 heterocycles. The fraction of sp³-hybridized carbons (Fsp3) is 0.542. The van der Waals surface area contributed by atoms with E-state index in [9.17, 15) is 9.59 Å². The lowest BCUT2D eigenvalue weighted by Crippen LogP contribution is -2.50. The van der Waals surface area contributed by atoms with E-state index in [4.69, 9.17) is 4.98 Å². The number of hydrogen-bond acceptors (Lipinski definition) is 3. The molecule has 1 aromatic carbocycles. The summed E-state index contributed by atoms with van der Waals surface area (Å²) in [6, 6.07) is 7.91. The van der Waals surface area contributed by atoms with E-state index < -0.39 is 5.41 Å². The van der Waals surface area contributed by atoms with Gasteiger partial charge < -0.3 is 10.3 Å².